The summed E-state index contributed by atoms with van der Waals surface area (Å²) >= 11 is 0. The van der Waals surface area contributed by atoms with Crippen LogP contribution in [0.15, 0.2) is 60.9 Å². The first kappa shape index (κ1) is 15.2. The third-order valence-electron chi connectivity index (χ3n) is 4.49. The molecular formula is C19H21N3O2. The van der Waals surface area contributed by atoms with Crippen molar-refractivity contribution in [2.24, 2.45) is 0 Å². The van der Waals surface area contributed by atoms with Gasteiger partial charge in [0.25, 0.3) is 0 Å². The van der Waals surface area contributed by atoms with Gasteiger partial charge in [0.1, 0.15) is 18.5 Å². The fourth-order valence-electron chi connectivity index (χ4n) is 3.21. The molecule has 1 aliphatic rings. The minimum Gasteiger partial charge on any atom is -0.490 e. The van der Waals surface area contributed by atoms with Gasteiger partial charge in [-0.3, -0.25) is 9.58 Å². The molecule has 0 aliphatic carbocycles. The highest BCUT2D eigenvalue weighted by molar-refractivity contribution is 5.88. The number of rotatable bonds is 6. The Morgan fingerprint density at radius 1 is 1.12 bits per heavy atom. The van der Waals surface area contributed by atoms with Crippen LogP contribution in [-0.2, 0) is 0 Å². The number of nitrogens with zero attached hydrogens (tertiary/aromatic N) is 3. The number of hydrogen-bond donors (Lipinski definition) is 1. The molecule has 0 radical (unpaired) electrons. The van der Waals surface area contributed by atoms with Gasteiger partial charge in [-0.15, -0.1) is 0 Å². The molecule has 3 aromatic rings. The van der Waals surface area contributed by atoms with Gasteiger partial charge in [-0.1, -0.05) is 36.4 Å². The Hall–Kier alpha value is -2.37. The molecule has 24 heavy (non-hydrogen) atoms. The van der Waals surface area contributed by atoms with Gasteiger partial charge in [-0.25, -0.2) is 0 Å². The predicted octanol–water partition coefficient (Wildman–Crippen LogP) is 2.33. The van der Waals surface area contributed by atoms with Gasteiger partial charge in [0.05, 0.1) is 6.04 Å². The quantitative estimate of drug-likeness (QED) is 0.756. The lowest BCUT2D eigenvalue weighted by Crippen LogP contribution is -2.51. The zero-order valence-corrected chi connectivity index (χ0v) is 13.5. The zero-order chi connectivity index (χ0) is 16.4. The van der Waals surface area contributed by atoms with Gasteiger partial charge in [0.15, 0.2) is 0 Å². The van der Waals surface area contributed by atoms with Crippen LogP contribution in [0.5, 0.6) is 5.75 Å². The Labute approximate surface area is 141 Å². The second-order valence-corrected chi connectivity index (χ2v) is 6.30. The number of fused-ring (bicyclic) bond motifs is 1. The number of aromatic nitrogens is 2. The van der Waals surface area contributed by atoms with Gasteiger partial charge in [-0.2, -0.15) is 5.10 Å². The van der Waals surface area contributed by atoms with Gasteiger partial charge >= 0.3 is 0 Å². The molecule has 5 nitrogen and oxygen atoms in total. The van der Waals surface area contributed by atoms with E-state index in [1.165, 1.54) is 0 Å². The first-order chi connectivity index (χ1) is 11.8. The first-order valence-electron chi connectivity index (χ1n) is 8.30. The molecule has 5 heteroatoms. The monoisotopic (exact) mass is 323 g/mol. The summed E-state index contributed by atoms with van der Waals surface area (Å²) in [6, 6.07) is 16.5. The van der Waals surface area contributed by atoms with E-state index in [1.54, 1.807) is 6.20 Å². The summed E-state index contributed by atoms with van der Waals surface area (Å²) < 4.78 is 7.84. The summed E-state index contributed by atoms with van der Waals surface area (Å²) in [4.78, 5) is 2.23. The van der Waals surface area contributed by atoms with Crippen molar-refractivity contribution in [2.75, 3.05) is 26.2 Å². The van der Waals surface area contributed by atoms with E-state index in [9.17, 15) is 5.11 Å². The van der Waals surface area contributed by atoms with Gasteiger partial charge in [-0.05, 0) is 17.5 Å². The first-order valence-corrected chi connectivity index (χ1v) is 8.30. The number of aliphatic hydroxyl groups excluding tert-OH is 1. The fourth-order valence-corrected chi connectivity index (χ4v) is 3.21. The van der Waals surface area contributed by atoms with Crippen molar-refractivity contribution in [3.8, 4) is 5.75 Å². The fraction of sp³-hybridized carbons (Fsp3) is 0.316. The summed E-state index contributed by atoms with van der Waals surface area (Å²) in [7, 11) is 0. The molecular weight excluding hydrogens is 302 g/mol. The maximum absolute atomic E-state index is 10.2. The normalized spacial score (nSPS) is 16.9. The molecule has 0 spiro atoms. The smallest absolute Gasteiger partial charge is 0.127 e. The van der Waals surface area contributed by atoms with E-state index in [4.69, 9.17) is 4.74 Å². The standard InChI is InChI=1S/C19H21N3O2/c23-17(13-21-11-16(12-21)22-10-4-9-20-22)14-24-19-8-3-6-15-5-1-2-7-18(15)19/h1-10,16-17,23H,11-14H2/t17-/m1/s1. The minimum absolute atomic E-state index is 0.303. The topological polar surface area (TPSA) is 50.5 Å². The molecule has 2 aromatic carbocycles. The highest BCUT2D eigenvalue weighted by atomic mass is 16.5. The Morgan fingerprint density at radius 2 is 1.96 bits per heavy atom. The molecule has 124 valence electrons. The largest absolute Gasteiger partial charge is 0.490 e. The number of benzene rings is 2. The van der Waals surface area contributed by atoms with E-state index < -0.39 is 6.10 Å². The number of aliphatic hydroxyl groups is 1. The molecule has 1 fully saturated rings. The lowest BCUT2D eigenvalue weighted by Gasteiger charge is -2.40. The maximum atomic E-state index is 10.2. The van der Waals surface area contributed by atoms with Crippen molar-refractivity contribution in [1.82, 2.24) is 14.7 Å². The average Bonchev–Trinajstić information content (AvgIpc) is 3.09. The molecule has 0 bridgehead atoms. The molecule has 1 aliphatic heterocycles. The predicted molar refractivity (Wildman–Crippen MR) is 93.2 cm³/mol. The van der Waals surface area contributed by atoms with Crippen LogP contribution in [0.1, 0.15) is 6.04 Å². The van der Waals surface area contributed by atoms with Crippen LogP contribution in [0.25, 0.3) is 10.8 Å². The molecule has 1 N–H and O–H groups in total. The van der Waals surface area contributed by atoms with Crippen LogP contribution in [0.3, 0.4) is 0 Å². The molecule has 2 heterocycles. The van der Waals surface area contributed by atoms with Crippen LogP contribution in [-0.4, -0.2) is 52.1 Å². The van der Waals surface area contributed by atoms with E-state index in [-0.39, 0.29) is 0 Å². The van der Waals surface area contributed by atoms with Crippen LogP contribution in [0.2, 0.25) is 0 Å². The number of ether oxygens (including phenoxy) is 1. The average molecular weight is 323 g/mol. The Kier molecular flexibility index (Phi) is 4.19. The van der Waals surface area contributed by atoms with E-state index in [2.05, 4.69) is 22.1 Å². The van der Waals surface area contributed by atoms with Gasteiger partial charge < -0.3 is 9.84 Å². The number of β-amino-alcohol motifs (C(OH)–C–C–N with tert-alkyl or cyclic N) is 1. The van der Waals surface area contributed by atoms with Crippen LogP contribution >= 0.6 is 0 Å². The molecule has 0 saturated carbocycles. The Balaban J connectivity index is 1.29. The number of likely N-dealkylation sites (tertiary alicyclic amines) is 1. The van der Waals surface area contributed by atoms with E-state index in [0.717, 1.165) is 29.6 Å². The summed E-state index contributed by atoms with van der Waals surface area (Å²) in [5.74, 6) is 0.824. The second kappa shape index (κ2) is 6.63. The molecule has 1 aromatic heterocycles. The highest BCUT2D eigenvalue weighted by Crippen LogP contribution is 2.25. The van der Waals surface area contributed by atoms with Crippen LogP contribution in [0, 0.1) is 0 Å². The summed E-state index contributed by atoms with van der Waals surface area (Å²) in [6.07, 6.45) is 3.29. The third-order valence-corrected chi connectivity index (χ3v) is 4.49. The molecule has 1 atom stereocenters. The van der Waals surface area contributed by atoms with Crippen molar-refractivity contribution in [2.45, 2.75) is 12.1 Å². The molecule has 4 rings (SSSR count). The van der Waals surface area contributed by atoms with E-state index in [0.29, 0.717) is 19.2 Å². The molecule has 0 unspecified atom stereocenters. The maximum Gasteiger partial charge on any atom is 0.127 e. The summed E-state index contributed by atoms with van der Waals surface area (Å²) in [5, 5.41) is 16.7. The van der Waals surface area contributed by atoms with Crippen molar-refractivity contribution in [3.05, 3.63) is 60.9 Å². The van der Waals surface area contributed by atoms with Gasteiger partial charge in [0, 0.05) is 37.4 Å². The lowest BCUT2D eigenvalue weighted by atomic mass is 10.1. The van der Waals surface area contributed by atoms with Crippen molar-refractivity contribution >= 4 is 10.8 Å². The van der Waals surface area contributed by atoms with Crippen molar-refractivity contribution in [1.29, 1.82) is 0 Å². The van der Waals surface area contributed by atoms with Crippen molar-refractivity contribution in [3.63, 3.8) is 0 Å². The molecule has 1 saturated heterocycles. The zero-order valence-electron chi connectivity index (χ0n) is 13.5. The second-order valence-electron chi connectivity index (χ2n) is 6.30. The summed E-state index contributed by atoms with van der Waals surface area (Å²) in [5.41, 5.74) is 0. The minimum atomic E-state index is -0.498. The highest BCUT2D eigenvalue weighted by Gasteiger charge is 2.29. The van der Waals surface area contributed by atoms with E-state index >= 15 is 0 Å². The summed E-state index contributed by atoms with van der Waals surface area (Å²) in [6.45, 7) is 2.78. The molecule has 0 amide bonds. The van der Waals surface area contributed by atoms with E-state index in [1.807, 2.05) is 47.3 Å². The Bertz CT molecular complexity index is 792. The van der Waals surface area contributed by atoms with Gasteiger partial charge in [0.2, 0.25) is 0 Å². The van der Waals surface area contributed by atoms with Crippen LogP contribution < -0.4 is 4.74 Å². The Morgan fingerprint density at radius 3 is 2.79 bits per heavy atom. The third kappa shape index (κ3) is 3.13. The van der Waals surface area contributed by atoms with Crippen molar-refractivity contribution < 1.29 is 9.84 Å². The SMILES string of the molecule is O[C@@H](COc1cccc2ccccc12)CN1CC(n2cccn2)C1. The number of hydrogen-bond acceptors (Lipinski definition) is 4. The van der Waals surface area contributed by atoms with Crippen LogP contribution in [0.4, 0.5) is 0 Å². The lowest BCUT2D eigenvalue weighted by molar-refractivity contribution is 0.0207.